The molecule has 2 bridgehead atoms. The standard InChI is InChI=1S/C20H23NO4/c1-3-9-20-16-14-10-13(17(22)18(14)25-20)15(16)19(23)21(20)11-5-7-12(8-6-11)24-4-2/h3,5-8,13-18,22H,1,4,9-10H2,2H3. The molecule has 132 valence electrons. The van der Waals surface area contributed by atoms with Gasteiger partial charge >= 0.3 is 0 Å². The Morgan fingerprint density at radius 3 is 2.84 bits per heavy atom. The van der Waals surface area contributed by atoms with E-state index in [9.17, 15) is 9.90 Å². The molecule has 25 heavy (non-hydrogen) atoms. The number of benzene rings is 1. The quantitative estimate of drug-likeness (QED) is 0.835. The first-order valence-corrected chi connectivity index (χ1v) is 9.16. The van der Waals surface area contributed by atoms with Crippen molar-refractivity contribution in [2.24, 2.45) is 23.7 Å². The van der Waals surface area contributed by atoms with E-state index in [-0.39, 0.29) is 35.7 Å². The predicted molar refractivity (Wildman–Crippen MR) is 92.1 cm³/mol. The first-order valence-electron chi connectivity index (χ1n) is 9.16. The molecule has 0 spiro atoms. The molecule has 7 atom stereocenters. The summed E-state index contributed by atoms with van der Waals surface area (Å²) in [7, 11) is 0. The molecule has 5 rings (SSSR count). The minimum atomic E-state index is -0.696. The number of amides is 1. The summed E-state index contributed by atoms with van der Waals surface area (Å²) in [6, 6.07) is 7.63. The van der Waals surface area contributed by atoms with Gasteiger partial charge < -0.3 is 14.6 Å². The number of anilines is 1. The summed E-state index contributed by atoms with van der Waals surface area (Å²) in [5.74, 6) is 1.21. The summed E-state index contributed by atoms with van der Waals surface area (Å²) in [5, 5.41) is 10.5. The Morgan fingerprint density at radius 2 is 2.16 bits per heavy atom. The number of hydrogen-bond donors (Lipinski definition) is 1. The normalized spacial score (nSPS) is 43.1. The smallest absolute Gasteiger partial charge is 0.233 e. The van der Waals surface area contributed by atoms with Crippen molar-refractivity contribution in [2.45, 2.75) is 37.7 Å². The highest BCUT2D eigenvalue weighted by atomic mass is 16.6. The lowest BCUT2D eigenvalue weighted by Crippen LogP contribution is -2.51. The van der Waals surface area contributed by atoms with E-state index in [4.69, 9.17) is 9.47 Å². The SMILES string of the molecule is C=CCC12OC3C(O)C4CC3C1C4C(=O)N2c1ccc(OCC)cc1. The average molecular weight is 341 g/mol. The molecule has 0 radical (unpaired) electrons. The highest BCUT2D eigenvalue weighted by molar-refractivity contribution is 6.00. The van der Waals surface area contributed by atoms with Gasteiger partial charge in [-0.1, -0.05) is 6.08 Å². The topological polar surface area (TPSA) is 59.0 Å². The maximum Gasteiger partial charge on any atom is 0.233 e. The summed E-state index contributed by atoms with van der Waals surface area (Å²) in [4.78, 5) is 15.2. The lowest BCUT2D eigenvalue weighted by atomic mass is 9.76. The van der Waals surface area contributed by atoms with Crippen LogP contribution in [0.15, 0.2) is 36.9 Å². The molecule has 2 saturated heterocycles. The molecule has 1 aromatic carbocycles. The molecule has 1 N–H and O–H groups in total. The number of aliphatic hydroxyl groups is 1. The zero-order valence-corrected chi connectivity index (χ0v) is 14.3. The number of aliphatic hydroxyl groups excluding tert-OH is 1. The van der Waals surface area contributed by atoms with Crippen molar-refractivity contribution >= 4 is 11.6 Å². The molecule has 5 heteroatoms. The summed E-state index contributed by atoms with van der Waals surface area (Å²) in [5.41, 5.74) is 0.136. The Labute approximate surface area is 147 Å². The molecule has 1 amide bonds. The summed E-state index contributed by atoms with van der Waals surface area (Å²) >= 11 is 0. The second-order valence-corrected chi connectivity index (χ2v) is 7.63. The molecule has 2 aliphatic carbocycles. The van der Waals surface area contributed by atoms with Crippen molar-refractivity contribution < 1.29 is 19.4 Å². The van der Waals surface area contributed by atoms with E-state index in [0.29, 0.717) is 13.0 Å². The lowest BCUT2D eigenvalue weighted by molar-refractivity contribution is -0.132. The van der Waals surface area contributed by atoms with E-state index < -0.39 is 11.8 Å². The third-order valence-corrected chi connectivity index (χ3v) is 6.64. The lowest BCUT2D eigenvalue weighted by Gasteiger charge is -2.38. The number of rotatable bonds is 5. The monoisotopic (exact) mass is 341 g/mol. The zero-order chi connectivity index (χ0) is 17.3. The van der Waals surface area contributed by atoms with E-state index in [2.05, 4.69) is 6.58 Å². The molecular formula is C20H23NO4. The number of fused-ring (bicyclic) bond motifs is 2. The fraction of sp³-hybridized carbons (Fsp3) is 0.550. The predicted octanol–water partition coefficient (Wildman–Crippen LogP) is 2.35. The molecular weight excluding hydrogens is 318 g/mol. The Kier molecular flexibility index (Phi) is 3.13. The van der Waals surface area contributed by atoms with Crippen LogP contribution in [0.1, 0.15) is 19.8 Å². The molecule has 1 aromatic rings. The second-order valence-electron chi connectivity index (χ2n) is 7.63. The van der Waals surface area contributed by atoms with Crippen molar-refractivity contribution in [3.8, 4) is 5.75 Å². The average Bonchev–Trinajstić information content (AvgIpc) is 3.26. The van der Waals surface area contributed by atoms with Crippen molar-refractivity contribution in [1.29, 1.82) is 0 Å². The maximum atomic E-state index is 13.3. The fourth-order valence-electron chi connectivity index (χ4n) is 5.97. The van der Waals surface area contributed by atoms with Crippen LogP contribution < -0.4 is 9.64 Å². The summed E-state index contributed by atoms with van der Waals surface area (Å²) < 4.78 is 12.0. The van der Waals surface area contributed by atoms with E-state index in [0.717, 1.165) is 17.9 Å². The van der Waals surface area contributed by atoms with Crippen molar-refractivity contribution in [2.75, 3.05) is 11.5 Å². The number of carbonyl (C=O) groups excluding carboxylic acids is 1. The van der Waals surface area contributed by atoms with Crippen LogP contribution in [0.5, 0.6) is 5.75 Å². The highest BCUT2D eigenvalue weighted by Crippen LogP contribution is 2.68. The minimum Gasteiger partial charge on any atom is -0.494 e. The van der Waals surface area contributed by atoms with E-state index in [1.165, 1.54) is 0 Å². The Bertz CT molecular complexity index is 732. The van der Waals surface area contributed by atoms with E-state index in [1.807, 2.05) is 42.2 Å². The number of ether oxygens (including phenoxy) is 2. The van der Waals surface area contributed by atoms with Gasteiger partial charge in [0.1, 0.15) is 5.75 Å². The van der Waals surface area contributed by atoms with Gasteiger partial charge in [-0.3, -0.25) is 9.69 Å². The highest BCUT2D eigenvalue weighted by Gasteiger charge is 2.78. The number of hydrogen-bond acceptors (Lipinski definition) is 4. The number of nitrogens with zero attached hydrogens (tertiary/aromatic N) is 1. The molecule has 5 nitrogen and oxygen atoms in total. The van der Waals surface area contributed by atoms with Crippen molar-refractivity contribution in [3.63, 3.8) is 0 Å². The van der Waals surface area contributed by atoms with Gasteiger partial charge in [0.2, 0.25) is 5.91 Å². The minimum absolute atomic E-state index is 0.0342. The van der Waals surface area contributed by atoms with Crippen LogP contribution >= 0.6 is 0 Å². The van der Waals surface area contributed by atoms with Gasteiger partial charge in [-0.15, -0.1) is 6.58 Å². The van der Waals surface area contributed by atoms with Crippen molar-refractivity contribution in [1.82, 2.24) is 0 Å². The molecule has 0 aromatic heterocycles. The van der Waals surface area contributed by atoms with Gasteiger partial charge in [-0.2, -0.15) is 0 Å². The Morgan fingerprint density at radius 1 is 1.40 bits per heavy atom. The van der Waals surface area contributed by atoms with Crippen LogP contribution in [-0.4, -0.2) is 35.6 Å². The molecule has 2 aliphatic heterocycles. The molecule has 4 fully saturated rings. The van der Waals surface area contributed by atoms with Gasteiger partial charge in [-0.05, 0) is 49.4 Å². The van der Waals surface area contributed by atoms with Gasteiger partial charge in [0.15, 0.2) is 5.72 Å². The molecule has 4 aliphatic rings. The third kappa shape index (κ3) is 1.73. The van der Waals surface area contributed by atoms with E-state index in [1.54, 1.807) is 0 Å². The van der Waals surface area contributed by atoms with Crippen LogP contribution in [0.2, 0.25) is 0 Å². The summed E-state index contributed by atoms with van der Waals surface area (Å²) in [6.07, 6.45) is 2.67. The molecule has 2 saturated carbocycles. The first-order chi connectivity index (χ1) is 12.1. The fourth-order valence-corrected chi connectivity index (χ4v) is 5.97. The third-order valence-electron chi connectivity index (χ3n) is 6.64. The van der Waals surface area contributed by atoms with Crippen LogP contribution in [-0.2, 0) is 9.53 Å². The zero-order valence-electron chi connectivity index (χ0n) is 14.3. The van der Waals surface area contributed by atoms with E-state index >= 15 is 0 Å². The van der Waals surface area contributed by atoms with Crippen LogP contribution in [0.25, 0.3) is 0 Å². The second kappa shape index (κ2) is 5.08. The Balaban J connectivity index is 1.58. The Hall–Kier alpha value is -1.85. The van der Waals surface area contributed by atoms with Crippen LogP contribution in [0, 0.1) is 23.7 Å². The molecule has 7 unspecified atom stereocenters. The van der Waals surface area contributed by atoms with Gasteiger partial charge in [0.25, 0.3) is 0 Å². The van der Waals surface area contributed by atoms with Crippen LogP contribution in [0.4, 0.5) is 5.69 Å². The van der Waals surface area contributed by atoms with Gasteiger partial charge in [-0.25, -0.2) is 0 Å². The maximum absolute atomic E-state index is 13.3. The molecule has 2 heterocycles. The first kappa shape index (κ1) is 15.4. The van der Waals surface area contributed by atoms with Crippen molar-refractivity contribution in [3.05, 3.63) is 36.9 Å². The number of carbonyl (C=O) groups is 1. The van der Waals surface area contributed by atoms with Crippen LogP contribution in [0.3, 0.4) is 0 Å². The van der Waals surface area contributed by atoms with Gasteiger partial charge in [0.05, 0.1) is 24.7 Å². The largest absolute Gasteiger partial charge is 0.494 e. The van der Waals surface area contributed by atoms with Gasteiger partial charge in [0, 0.05) is 18.0 Å². The summed E-state index contributed by atoms with van der Waals surface area (Å²) in [6.45, 7) is 6.46.